The maximum atomic E-state index is 5.43. The van der Waals surface area contributed by atoms with E-state index in [0.717, 1.165) is 18.9 Å². The van der Waals surface area contributed by atoms with Crippen LogP contribution in [0, 0.1) is 0 Å². The summed E-state index contributed by atoms with van der Waals surface area (Å²) >= 11 is 0. The zero-order chi connectivity index (χ0) is 15.4. The van der Waals surface area contributed by atoms with E-state index in [9.17, 15) is 0 Å². The number of nitrogens with one attached hydrogen (secondary N) is 1. The normalized spacial score (nSPS) is 18.5. The molecule has 0 amide bonds. The lowest BCUT2D eigenvalue weighted by atomic mass is 10.0. The van der Waals surface area contributed by atoms with E-state index in [4.69, 9.17) is 4.52 Å². The fourth-order valence-corrected chi connectivity index (χ4v) is 2.89. The van der Waals surface area contributed by atoms with E-state index < -0.39 is 0 Å². The summed E-state index contributed by atoms with van der Waals surface area (Å²) in [6.45, 7) is 4.39. The van der Waals surface area contributed by atoms with Crippen LogP contribution < -0.4 is 5.32 Å². The summed E-state index contributed by atoms with van der Waals surface area (Å²) in [7, 11) is 2.17. The van der Waals surface area contributed by atoms with Gasteiger partial charge in [-0.25, -0.2) is 0 Å². The quantitative estimate of drug-likeness (QED) is 0.919. The minimum Gasteiger partial charge on any atom is -0.338 e. The first-order chi connectivity index (χ1) is 10.7. The molecule has 1 aromatic heterocycles. The maximum absolute atomic E-state index is 5.43. The number of nitrogens with zero attached hydrogens (tertiary/aromatic N) is 3. The molecule has 0 spiro atoms. The van der Waals surface area contributed by atoms with Crippen molar-refractivity contribution in [3.05, 3.63) is 47.6 Å². The molecule has 1 saturated heterocycles. The third-order valence-electron chi connectivity index (χ3n) is 4.26. The van der Waals surface area contributed by atoms with Gasteiger partial charge in [0.05, 0.1) is 6.04 Å². The van der Waals surface area contributed by atoms with Crippen molar-refractivity contribution in [1.82, 2.24) is 20.4 Å². The Kier molecular flexibility index (Phi) is 4.85. The summed E-state index contributed by atoms with van der Waals surface area (Å²) in [5, 5.41) is 7.71. The standard InChI is InChI=1S/C17H24N4O/c1-13(18-15-8-10-21(2)11-9-15)17-19-16(20-22-17)12-14-6-4-3-5-7-14/h3-7,13,15,18H,8-12H2,1-2H3. The van der Waals surface area contributed by atoms with Crippen molar-refractivity contribution in [1.29, 1.82) is 0 Å². The van der Waals surface area contributed by atoms with E-state index in [1.807, 2.05) is 18.2 Å². The highest BCUT2D eigenvalue weighted by atomic mass is 16.5. The second-order valence-corrected chi connectivity index (χ2v) is 6.18. The van der Waals surface area contributed by atoms with Crippen molar-refractivity contribution in [2.75, 3.05) is 20.1 Å². The van der Waals surface area contributed by atoms with Crippen molar-refractivity contribution >= 4 is 0 Å². The number of piperidine rings is 1. The third kappa shape index (κ3) is 3.93. The lowest BCUT2D eigenvalue weighted by Crippen LogP contribution is -2.41. The molecule has 1 N–H and O–H groups in total. The molecule has 3 rings (SSSR count). The number of benzene rings is 1. The smallest absolute Gasteiger partial charge is 0.243 e. The minimum atomic E-state index is 0.102. The molecule has 5 heteroatoms. The molecule has 1 aromatic carbocycles. The summed E-state index contributed by atoms with van der Waals surface area (Å²) in [5.41, 5.74) is 1.20. The van der Waals surface area contributed by atoms with E-state index in [0.29, 0.717) is 18.4 Å². The maximum Gasteiger partial charge on any atom is 0.243 e. The van der Waals surface area contributed by atoms with Gasteiger partial charge in [0.1, 0.15) is 0 Å². The van der Waals surface area contributed by atoms with Gasteiger partial charge in [-0.2, -0.15) is 4.98 Å². The van der Waals surface area contributed by atoms with Gasteiger partial charge in [-0.05, 0) is 45.5 Å². The highest BCUT2D eigenvalue weighted by Crippen LogP contribution is 2.16. The lowest BCUT2D eigenvalue weighted by Gasteiger charge is -2.30. The van der Waals surface area contributed by atoms with Crippen molar-refractivity contribution in [2.45, 2.75) is 38.3 Å². The minimum absolute atomic E-state index is 0.102. The van der Waals surface area contributed by atoms with E-state index in [2.05, 4.69) is 46.5 Å². The van der Waals surface area contributed by atoms with Gasteiger partial charge in [-0.3, -0.25) is 0 Å². The molecular weight excluding hydrogens is 276 g/mol. The fraction of sp³-hybridized carbons (Fsp3) is 0.529. The molecule has 2 aromatic rings. The zero-order valence-corrected chi connectivity index (χ0v) is 13.3. The molecule has 1 fully saturated rings. The molecule has 0 aliphatic carbocycles. The predicted molar refractivity (Wildman–Crippen MR) is 85.6 cm³/mol. The average molecular weight is 300 g/mol. The Balaban J connectivity index is 1.56. The summed E-state index contributed by atoms with van der Waals surface area (Å²) in [6, 6.07) is 10.9. The first kappa shape index (κ1) is 15.2. The average Bonchev–Trinajstić information content (AvgIpc) is 2.99. The SMILES string of the molecule is CC(NC1CCN(C)CC1)c1nc(Cc2ccccc2)no1. The van der Waals surface area contributed by atoms with Crippen LogP contribution in [-0.4, -0.2) is 41.2 Å². The molecule has 2 heterocycles. The number of hydrogen-bond acceptors (Lipinski definition) is 5. The Morgan fingerprint density at radius 1 is 1.27 bits per heavy atom. The molecular formula is C17H24N4O. The second-order valence-electron chi connectivity index (χ2n) is 6.18. The Labute approximate surface area is 131 Å². The largest absolute Gasteiger partial charge is 0.338 e. The molecule has 0 radical (unpaired) electrons. The summed E-state index contributed by atoms with van der Waals surface area (Å²) < 4.78 is 5.43. The third-order valence-corrected chi connectivity index (χ3v) is 4.26. The van der Waals surface area contributed by atoms with Crippen LogP contribution in [0.3, 0.4) is 0 Å². The van der Waals surface area contributed by atoms with Crippen molar-refractivity contribution in [3.63, 3.8) is 0 Å². The molecule has 1 unspecified atom stereocenters. The molecule has 1 atom stereocenters. The summed E-state index contributed by atoms with van der Waals surface area (Å²) in [5.74, 6) is 1.43. The van der Waals surface area contributed by atoms with Crippen molar-refractivity contribution < 1.29 is 4.52 Å². The molecule has 0 saturated carbocycles. The van der Waals surface area contributed by atoms with Gasteiger partial charge >= 0.3 is 0 Å². The molecule has 0 bridgehead atoms. The van der Waals surface area contributed by atoms with Crippen LogP contribution in [0.5, 0.6) is 0 Å². The lowest BCUT2D eigenvalue weighted by molar-refractivity contribution is 0.217. The van der Waals surface area contributed by atoms with E-state index in [-0.39, 0.29) is 6.04 Å². The van der Waals surface area contributed by atoms with E-state index >= 15 is 0 Å². The number of likely N-dealkylation sites (tertiary alicyclic amines) is 1. The van der Waals surface area contributed by atoms with Gasteiger partial charge in [-0.15, -0.1) is 0 Å². The van der Waals surface area contributed by atoms with Crippen LogP contribution in [0.2, 0.25) is 0 Å². The monoisotopic (exact) mass is 300 g/mol. The molecule has 118 valence electrons. The van der Waals surface area contributed by atoms with Gasteiger partial charge in [0.15, 0.2) is 5.82 Å². The summed E-state index contributed by atoms with van der Waals surface area (Å²) in [4.78, 5) is 6.90. The Morgan fingerprint density at radius 2 is 2.00 bits per heavy atom. The first-order valence-electron chi connectivity index (χ1n) is 8.01. The fourth-order valence-electron chi connectivity index (χ4n) is 2.89. The van der Waals surface area contributed by atoms with Crippen molar-refractivity contribution in [2.24, 2.45) is 0 Å². The van der Waals surface area contributed by atoms with Crippen LogP contribution in [0.1, 0.15) is 43.1 Å². The van der Waals surface area contributed by atoms with Gasteiger partial charge in [0.25, 0.3) is 0 Å². The number of aromatic nitrogens is 2. The molecule has 1 aliphatic heterocycles. The van der Waals surface area contributed by atoms with Crippen LogP contribution in [0.4, 0.5) is 0 Å². The van der Waals surface area contributed by atoms with Gasteiger partial charge in [-0.1, -0.05) is 35.5 Å². The highest BCUT2D eigenvalue weighted by Gasteiger charge is 2.21. The van der Waals surface area contributed by atoms with E-state index in [1.54, 1.807) is 0 Å². The second kappa shape index (κ2) is 7.03. The van der Waals surface area contributed by atoms with Gasteiger partial charge in [0.2, 0.25) is 5.89 Å². The van der Waals surface area contributed by atoms with Gasteiger partial charge in [0, 0.05) is 12.5 Å². The van der Waals surface area contributed by atoms with Gasteiger partial charge < -0.3 is 14.7 Å². The molecule has 1 aliphatic rings. The van der Waals surface area contributed by atoms with Crippen LogP contribution >= 0.6 is 0 Å². The zero-order valence-electron chi connectivity index (χ0n) is 13.3. The molecule has 22 heavy (non-hydrogen) atoms. The van der Waals surface area contributed by atoms with Crippen molar-refractivity contribution in [3.8, 4) is 0 Å². The first-order valence-corrected chi connectivity index (χ1v) is 8.01. The predicted octanol–water partition coefficient (Wildman–Crippen LogP) is 2.41. The molecule has 5 nitrogen and oxygen atoms in total. The Hall–Kier alpha value is -1.72. The summed E-state index contributed by atoms with van der Waals surface area (Å²) in [6.07, 6.45) is 3.06. The number of hydrogen-bond donors (Lipinski definition) is 1. The topological polar surface area (TPSA) is 54.2 Å². The van der Waals surface area contributed by atoms with E-state index in [1.165, 1.54) is 18.4 Å². The highest BCUT2D eigenvalue weighted by molar-refractivity contribution is 5.18. The Bertz CT molecular complexity index is 575. The number of rotatable bonds is 5. The van der Waals surface area contributed by atoms with Crippen LogP contribution in [0.15, 0.2) is 34.9 Å². The van der Waals surface area contributed by atoms with Crippen LogP contribution in [-0.2, 0) is 6.42 Å². The Morgan fingerprint density at radius 3 is 2.73 bits per heavy atom. The van der Waals surface area contributed by atoms with Crippen LogP contribution in [0.25, 0.3) is 0 Å².